The van der Waals surface area contributed by atoms with Crippen molar-refractivity contribution < 1.29 is 4.79 Å². The molecule has 1 N–H and O–H groups in total. The van der Waals surface area contributed by atoms with E-state index in [1.54, 1.807) is 0 Å². The molecule has 0 radical (unpaired) electrons. The third-order valence-electron chi connectivity index (χ3n) is 4.75. The minimum Gasteiger partial charge on any atom is -0.368 e. The monoisotopic (exact) mass is 319 g/mol. The highest BCUT2D eigenvalue weighted by molar-refractivity contribution is 6.06. The predicted molar refractivity (Wildman–Crippen MR) is 97.6 cm³/mol. The second-order valence-electron chi connectivity index (χ2n) is 6.37. The number of H-pyrrole nitrogens is 1. The second-order valence-corrected chi connectivity index (χ2v) is 6.37. The summed E-state index contributed by atoms with van der Waals surface area (Å²) in [7, 11) is 0. The third-order valence-corrected chi connectivity index (χ3v) is 4.75. The topological polar surface area (TPSA) is 39.3 Å². The molecule has 1 amide bonds. The van der Waals surface area contributed by atoms with Crippen molar-refractivity contribution in [3.05, 3.63) is 65.9 Å². The van der Waals surface area contributed by atoms with Crippen LogP contribution in [0.2, 0.25) is 0 Å². The minimum absolute atomic E-state index is 0.122. The molecule has 2 heterocycles. The van der Waals surface area contributed by atoms with Crippen molar-refractivity contribution in [3.8, 4) is 0 Å². The van der Waals surface area contributed by atoms with E-state index < -0.39 is 0 Å². The smallest absolute Gasteiger partial charge is 0.256 e. The largest absolute Gasteiger partial charge is 0.368 e. The molecule has 4 heteroatoms. The van der Waals surface area contributed by atoms with Gasteiger partial charge in [-0.2, -0.15) is 0 Å². The number of aryl methyl sites for hydroxylation is 1. The van der Waals surface area contributed by atoms with Crippen LogP contribution in [-0.4, -0.2) is 42.0 Å². The van der Waals surface area contributed by atoms with Crippen LogP contribution in [0.4, 0.5) is 5.69 Å². The van der Waals surface area contributed by atoms with E-state index in [-0.39, 0.29) is 5.91 Å². The molecule has 1 aliphatic heterocycles. The fraction of sp³-hybridized carbons (Fsp3) is 0.250. The zero-order valence-electron chi connectivity index (χ0n) is 13.8. The van der Waals surface area contributed by atoms with E-state index >= 15 is 0 Å². The van der Waals surface area contributed by atoms with E-state index in [1.165, 1.54) is 11.3 Å². The zero-order chi connectivity index (χ0) is 16.5. The van der Waals surface area contributed by atoms with Gasteiger partial charge in [0.25, 0.3) is 5.91 Å². The number of carbonyl (C=O) groups is 1. The number of nitrogens with zero attached hydrogens (tertiary/aromatic N) is 2. The van der Waals surface area contributed by atoms with Gasteiger partial charge in [0.1, 0.15) is 0 Å². The maximum atomic E-state index is 12.9. The Morgan fingerprint density at radius 1 is 1.00 bits per heavy atom. The van der Waals surface area contributed by atoms with Gasteiger partial charge in [0.05, 0.1) is 5.56 Å². The maximum absolute atomic E-state index is 12.9. The van der Waals surface area contributed by atoms with Gasteiger partial charge in [-0.25, -0.2) is 0 Å². The van der Waals surface area contributed by atoms with E-state index in [0.717, 1.165) is 42.6 Å². The molecule has 1 aliphatic rings. The number of benzene rings is 2. The van der Waals surface area contributed by atoms with E-state index in [1.807, 2.05) is 35.4 Å². The molecule has 0 unspecified atom stereocenters. The second kappa shape index (κ2) is 6.04. The van der Waals surface area contributed by atoms with Gasteiger partial charge in [0.15, 0.2) is 0 Å². The highest BCUT2D eigenvalue weighted by Gasteiger charge is 2.24. The molecular formula is C20H21N3O. The van der Waals surface area contributed by atoms with E-state index in [4.69, 9.17) is 0 Å². The molecule has 0 bridgehead atoms. The van der Waals surface area contributed by atoms with Crippen molar-refractivity contribution in [1.29, 1.82) is 0 Å². The first-order valence-electron chi connectivity index (χ1n) is 8.39. The summed E-state index contributed by atoms with van der Waals surface area (Å²) in [5, 5.41) is 1.00. The lowest BCUT2D eigenvalue weighted by Crippen LogP contribution is -2.48. The fourth-order valence-corrected chi connectivity index (χ4v) is 3.41. The van der Waals surface area contributed by atoms with Crippen LogP contribution in [0, 0.1) is 6.92 Å². The number of aromatic amines is 1. The van der Waals surface area contributed by atoms with Crippen molar-refractivity contribution >= 4 is 22.5 Å². The Morgan fingerprint density at radius 2 is 1.79 bits per heavy atom. The van der Waals surface area contributed by atoms with Gasteiger partial charge in [-0.1, -0.05) is 30.3 Å². The number of hydrogen-bond donors (Lipinski definition) is 1. The van der Waals surface area contributed by atoms with E-state index in [2.05, 4.69) is 41.1 Å². The van der Waals surface area contributed by atoms with Crippen LogP contribution in [0.1, 0.15) is 15.9 Å². The van der Waals surface area contributed by atoms with Gasteiger partial charge in [0.2, 0.25) is 0 Å². The molecule has 1 aromatic heterocycles. The molecule has 4 rings (SSSR count). The lowest BCUT2D eigenvalue weighted by Gasteiger charge is -2.36. The third kappa shape index (κ3) is 2.64. The summed E-state index contributed by atoms with van der Waals surface area (Å²) in [6, 6.07) is 16.5. The van der Waals surface area contributed by atoms with Crippen molar-refractivity contribution in [2.75, 3.05) is 31.1 Å². The molecule has 1 saturated heterocycles. The van der Waals surface area contributed by atoms with Crippen molar-refractivity contribution in [1.82, 2.24) is 9.88 Å². The molecule has 0 saturated carbocycles. The van der Waals surface area contributed by atoms with Crippen LogP contribution in [0.15, 0.2) is 54.7 Å². The summed E-state index contributed by atoms with van der Waals surface area (Å²) in [4.78, 5) is 20.4. The van der Waals surface area contributed by atoms with Gasteiger partial charge in [-0.05, 0) is 30.7 Å². The zero-order valence-corrected chi connectivity index (χ0v) is 13.8. The number of anilines is 1. The van der Waals surface area contributed by atoms with Gasteiger partial charge in [-0.3, -0.25) is 4.79 Å². The average Bonchev–Trinajstić information content (AvgIpc) is 3.05. The molecule has 24 heavy (non-hydrogen) atoms. The van der Waals surface area contributed by atoms with Gasteiger partial charge in [0, 0.05) is 49.0 Å². The van der Waals surface area contributed by atoms with Gasteiger partial charge in [-0.15, -0.1) is 0 Å². The Kier molecular flexibility index (Phi) is 3.73. The summed E-state index contributed by atoms with van der Waals surface area (Å²) >= 11 is 0. The normalized spacial score (nSPS) is 15.0. The number of nitrogens with one attached hydrogen (secondary N) is 1. The molecular weight excluding hydrogens is 298 g/mol. The lowest BCUT2D eigenvalue weighted by molar-refractivity contribution is 0.0749. The first kappa shape index (κ1) is 14.8. The Bertz CT molecular complexity index is 875. The highest BCUT2D eigenvalue weighted by Crippen LogP contribution is 2.22. The summed E-state index contributed by atoms with van der Waals surface area (Å²) in [6.45, 7) is 5.37. The lowest BCUT2D eigenvalue weighted by atomic mass is 10.1. The molecule has 0 spiro atoms. The number of rotatable bonds is 2. The van der Waals surface area contributed by atoms with Crippen LogP contribution in [0.5, 0.6) is 0 Å². The number of amides is 1. The Balaban J connectivity index is 1.48. The Hall–Kier alpha value is -2.75. The fourth-order valence-electron chi connectivity index (χ4n) is 3.41. The average molecular weight is 319 g/mol. The molecule has 0 aliphatic carbocycles. The minimum atomic E-state index is 0.122. The Morgan fingerprint density at radius 3 is 2.58 bits per heavy atom. The maximum Gasteiger partial charge on any atom is 0.256 e. The number of aromatic nitrogens is 1. The molecule has 0 atom stereocenters. The predicted octanol–water partition coefficient (Wildman–Crippen LogP) is 3.44. The van der Waals surface area contributed by atoms with Crippen LogP contribution in [0.3, 0.4) is 0 Å². The van der Waals surface area contributed by atoms with Crippen molar-refractivity contribution in [2.45, 2.75) is 6.92 Å². The van der Waals surface area contributed by atoms with Crippen molar-refractivity contribution in [2.24, 2.45) is 0 Å². The van der Waals surface area contributed by atoms with E-state index in [9.17, 15) is 4.79 Å². The standard InChI is InChI=1S/C20H21N3O/c1-15-5-4-6-16(13-15)22-9-11-23(12-10-22)20(24)18-14-21-19-8-3-2-7-17(18)19/h2-8,13-14,21H,9-12H2,1H3. The molecule has 2 aromatic carbocycles. The Labute approximate surface area is 141 Å². The van der Waals surface area contributed by atoms with E-state index in [0.29, 0.717) is 0 Å². The first-order valence-corrected chi connectivity index (χ1v) is 8.39. The first-order chi connectivity index (χ1) is 11.7. The number of piperazine rings is 1. The number of para-hydroxylation sites is 1. The summed E-state index contributed by atoms with van der Waals surface area (Å²) in [5.74, 6) is 0.122. The molecule has 3 aromatic rings. The summed E-state index contributed by atoms with van der Waals surface area (Å²) in [5.41, 5.74) is 4.30. The quantitative estimate of drug-likeness (QED) is 0.786. The SMILES string of the molecule is Cc1cccc(N2CCN(C(=O)c3c[nH]c4ccccc34)CC2)c1. The number of hydrogen-bond acceptors (Lipinski definition) is 2. The van der Waals surface area contributed by atoms with Gasteiger partial charge >= 0.3 is 0 Å². The number of carbonyl (C=O) groups excluding carboxylic acids is 1. The van der Waals surface area contributed by atoms with Crippen LogP contribution in [0.25, 0.3) is 10.9 Å². The van der Waals surface area contributed by atoms with Crippen LogP contribution in [-0.2, 0) is 0 Å². The van der Waals surface area contributed by atoms with Gasteiger partial charge < -0.3 is 14.8 Å². The number of fused-ring (bicyclic) bond motifs is 1. The molecule has 1 fully saturated rings. The van der Waals surface area contributed by atoms with Crippen LogP contribution >= 0.6 is 0 Å². The summed E-state index contributed by atoms with van der Waals surface area (Å²) in [6.07, 6.45) is 1.83. The molecule has 122 valence electrons. The van der Waals surface area contributed by atoms with Crippen LogP contribution < -0.4 is 4.90 Å². The highest BCUT2D eigenvalue weighted by atomic mass is 16.2. The molecule has 4 nitrogen and oxygen atoms in total. The summed E-state index contributed by atoms with van der Waals surface area (Å²) < 4.78 is 0. The van der Waals surface area contributed by atoms with Crippen molar-refractivity contribution in [3.63, 3.8) is 0 Å².